The molecule has 0 spiro atoms. The number of pyridine rings is 1. The van der Waals surface area contributed by atoms with Gasteiger partial charge in [0.15, 0.2) is 5.84 Å². The number of rotatable bonds is 5. The first kappa shape index (κ1) is 14.2. The third kappa shape index (κ3) is 3.88. The fraction of sp³-hybridized carbons (Fsp3) is 0.400. The summed E-state index contributed by atoms with van der Waals surface area (Å²) in [4.78, 5) is 5.70. The first-order valence-electron chi connectivity index (χ1n) is 5.17. The molecule has 100 valence electrons. The number of aromatic nitrogens is 1. The molecule has 18 heavy (non-hydrogen) atoms. The summed E-state index contributed by atoms with van der Waals surface area (Å²) in [6.07, 6.45) is 2.69. The maximum Gasteiger partial charge on any atom is 0.190 e. The van der Waals surface area contributed by atoms with Crippen molar-refractivity contribution in [1.82, 2.24) is 4.98 Å². The minimum Gasteiger partial charge on any atom is -0.409 e. The van der Waals surface area contributed by atoms with Gasteiger partial charge in [0.05, 0.1) is 11.4 Å². The molecule has 0 aliphatic heterocycles. The van der Waals surface area contributed by atoms with E-state index in [0.717, 1.165) is 0 Å². The molecule has 0 aromatic carbocycles. The van der Waals surface area contributed by atoms with Gasteiger partial charge in [-0.1, -0.05) is 5.16 Å². The van der Waals surface area contributed by atoms with Crippen molar-refractivity contribution in [3.8, 4) is 0 Å². The van der Waals surface area contributed by atoms with E-state index in [1.807, 2.05) is 0 Å². The van der Waals surface area contributed by atoms with Gasteiger partial charge in [-0.25, -0.2) is 8.42 Å². The summed E-state index contributed by atoms with van der Waals surface area (Å²) in [6, 6.07) is 3.42. The summed E-state index contributed by atoms with van der Waals surface area (Å²) in [5.41, 5.74) is 6.43. The Morgan fingerprint density at radius 3 is 2.83 bits per heavy atom. The second kappa shape index (κ2) is 5.67. The van der Waals surface area contributed by atoms with E-state index in [2.05, 4.69) is 10.1 Å². The highest BCUT2D eigenvalue weighted by Gasteiger charge is 2.13. The van der Waals surface area contributed by atoms with Crippen LogP contribution in [-0.2, 0) is 9.84 Å². The van der Waals surface area contributed by atoms with Gasteiger partial charge in [0.1, 0.15) is 15.5 Å². The molecule has 1 aromatic heterocycles. The lowest BCUT2D eigenvalue weighted by atomic mass is 10.2. The van der Waals surface area contributed by atoms with Crippen LogP contribution < -0.4 is 10.6 Å². The average Bonchev–Trinajstić information content (AvgIpc) is 2.34. The van der Waals surface area contributed by atoms with Crippen LogP contribution in [0.15, 0.2) is 23.5 Å². The predicted molar refractivity (Wildman–Crippen MR) is 69.7 cm³/mol. The van der Waals surface area contributed by atoms with Gasteiger partial charge >= 0.3 is 0 Å². The second-order valence-corrected chi connectivity index (χ2v) is 6.17. The fourth-order valence-corrected chi connectivity index (χ4v) is 1.98. The minimum absolute atomic E-state index is 0.0218. The van der Waals surface area contributed by atoms with E-state index in [0.29, 0.717) is 17.9 Å². The summed E-state index contributed by atoms with van der Waals surface area (Å²) < 4.78 is 22.2. The van der Waals surface area contributed by atoms with Crippen LogP contribution in [0.1, 0.15) is 5.69 Å². The molecule has 8 heteroatoms. The van der Waals surface area contributed by atoms with Crippen LogP contribution in [0.2, 0.25) is 0 Å². The molecule has 0 fully saturated rings. The molecular formula is C10H16N4O3S. The number of hydrogen-bond donors (Lipinski definition) is 2. The van der Waals surface area contributed by atoms with E-state index >= 15 is 0 Å². The Morgan fingerprint density at radius 1 is 1.61 bits per heavy atom. The first-order chi connectivity index (χ1) is 8.35. The molecule has 7 nitrogen and oxygen atoms in total. The lowest BCUT2D eigenvalue weighted by molar-refractivity contribution is 0.318. The van der Waals surface area contributed by atoms with Crippen molar-refractivity contribution in [2.75, 3.05) is 30.5 Å². The molecule has 3 N–H and O–H groups in total. The summed E-state index contributed by atoms with van der Waals surface area (Å²) in [5, 5.41) is 11.6. The Balaban J connectivity index is 2.95. The van der Waals surface area contributed by atoms with Gasteiger partial charge in [0, 0.05) is 26.0 Å². The lowest BCUT2D eigenvalue weighted by Gasteiger charge is -2.20. The van der Waals surface area contributed by atoms with Gasteiger partial charge in [-0.2, -0.15) is 0 Å². The van der Waals surface area contributed by atoms with Crippen molar-refractivity contribution in [1.29, 1.82) is 0 Å². The summed E-state index contributed by atoms with van der Waals surface area (Å²) in [6.45, 7) is 0.302. The maximum atomic E-state index is 11.1. The number of oxime groups is 1. The Kier molecular flexibility index (Phi) is 4.49. The van der Waals surface area contributed by atoms with Gasteiger partial charge in [-0.05, 0) is 12.1 Å². The standard InChI is InChI=1S/C10H16N4O3S/c1-14(6-7-18(2,16)17)8-4-3-5-12-9(8)10(11)13-15/h3-5,15H,6-7H2,1-2H3,(H2,11,13). The first-order valence-corrected chi connectivity index (χ1v) is 7.23. The highest BCUT2D eigenvalue weighted by molar-refractivity contribution is 7.90. The van der Waals surface area contributed by atoms with E-state index in [1.54, 1.807) is 24.1 Å². The third-order valence-corrected chi connectivity index (χ3v) is 3.27. The topological polar surface area (TPSA) is 109 Å². The number of sulfone groups is 1. The molecular weight excluding hydrogens is 256 g/mol. The number of nitrogens with zero attached hydrogens (tertiary/aromatic N) is 3. The van der Waals surface area contributed by atoms with Crippen LogP contribution in [0.5, 0.6) is 0 Å². The minimum atomic E-state index is -3.04. The summed E-state index contributed by atoms with van der Waals surface area (Å²) >= 11 is 0. The third-order valence-electron chi connectivity index (χ3n) is 2.35. The molecule has 0 atom stereocenters. The summed E-state index contributed by atoms with van der Waals surface area (Å²) in [7, 11) is -1.32. The molecule has 0 saturated carbocycles. The SMILES string of the molecule is CN(CCS(C)(=O)=O)c1cccnc1/C(N)=N/O. The van der Waals surface area contributed by atoms with Crippen LogP contribution in [0.3, 0.4) is 0 Å². The van der Waals surface area contributed by atoms with Gasteiger partial charge in [-0.3, -0.25) is 4.98 Å². The van der Waals surface area contributed by atoms with Crippen LogP contribution >= 0.6 is 0 Å². The largest absolute Gasteiger partial charge is 0.409 e. The van der Waals surface area contributed by atoms with Crippen molar-refractivity contribution in [2.24, 2.45) is 10.9 Å². The van der Waals surface area contributed by atoms with Gasteiger partial charge in [-0.15, -0.1) is 0 Å². The molecule has 0 unspecified atom stereocenters. The molecule has 1 aromatic rings. The normalized spacial score (nSPS) is 12.4. The molecule has 1 heterocycles. The number of hydrogen-bond acceptors (Lipinski definition) is 6. The monoisotopic (exact) mass is 272 g/mol. The van der Waals surface area contributed by atoms with Gasteiger partial charge in [0.2, 0.25) is 0 Å². The molecule has 0 aliphatic carbocycles. The fourth-order valence-electron chi connectivity index (χ4n) is 1.37. The van der Waals surface area contributed by atoms with Crippen LogP contribution in [-0.4, -0.2) is 50.0 Å². The average molecular weight is 272 g/mol. The van der Waals surface area contributed by atoms with Crippen molar-refractivity contribution in [3.63, 3.8) is 0 Å². The molecule has 0 aliphatic rings. The zero-order valence-electron chi connectivity index (χ0n) is 10.2. The van der Waals surface area contributed by atoms with Crippen molar-refractivity contribution < 1.29 is 13.6 Å². The van der Waals surface area contributed by atoms with Gasteiger partial charge < -0.3 is 15.8 Å². The smallest absolute Gasteiger partial charge is 0.190 e. The zero-order chi connectivity index (χ0) is 13.8. The van der Waals surface area contributed by atoms with E-state index in [9.17, 15) is 8.42 Å². The van der Waals surface area contributed by atoms with Crippen LogP contribution in [0.4, 0.5) is 5.69 Å². The highest BCUT2D eigenvalue weighted by atomic mass is 32.2. The molecule has 1 rings (SSSR count). The Hall–Kier alpha value is -1.83. The van der Waals surface area contributed by atoms with Gasteiger partial charge in [0.25, 0.3) is 0 Å². The molecule has 0 radical (unpaired) electrons. The molecule has 0 amide bonds. The maximum absolute atomic E-state index is 11.1. The summed E-state index contributed by atoms with van der Waals surface area (Å²) in [5.74, 6) is -0.0922. The molecule has 0 bridgehead atoms. The Morgan fingerprint density at radius 2 is 2.28 bits per heavy atom. The van der Waals surface area contributed by atoms with Crippen LogP contribution in [0, 0.1) is 0 Å². The molecule has 0 saturated heterocycles. The lowest BCUT2D eigenvalue weighted by Crippen LogP contribution is -2.28. The van der Waals surface area contributed by atoms with Crippen LogP contribution in [0.25, 0.3) is 0 Å². The van der Waals surface area contributed by atoms with E-state index in [-0.39, 0.29) is 11.6 Å². The number of anilines is 1. The Bertz CT molecular complexity index is 542. The van der Waals surface area contributed by atoms with E-state index in [4.69, 9.17) is 10.9 Å². The highest BCUT2D eigenvalue weighted by Crippen LogP contribution is 2.16. The van der Waals surface area contributed by atoms with Crippen molar-refractivity contribution in [2.45, 2.75) is 0 Å². The van der Waals surface area contributed by atoms with E-state index in [1.165, 1.54) is 12.5 Å². The zero-order valence-corrected chi connectivity index (χ0v) is 11.1. The number of nitrogens with two attached hydrogens (primary N) is 1. The van der Waals surface area contributed by atoms with Crippen molar-refractivity contribution >= 4 is 21.4 Å². The second-order valence-electron chi connectivity index (χ2n) is 3.91. The number of amidine groups is 1. The Labute approximate surface area is 106 Å². The van der Waals surface area contributed by atoms with E-state index < -0.39 is 9.84 Å². The predicted octanol–water partition coefficient (Wildman–Crippen LogP) is -0.343. The quantitative estimate of drug-likeness (QED) is 0.328. The van der Waals surface area contributed by atoms with Crippen molar-refractivity contribution in [3.05, 3.63) is 24.0 Å².